The summed E-state index contributed by atoms with van der Waals surface area (Å²) >= 11 is 0. The molecule has 1 rings (SSSR count). The zero-order valence-corrected chi connectivity index (χ0v) is 12.5. The molecule has 5 nitrogen and oxygen atoms in total. The number of aromatic hydroxyl groups is 1. The van der Waals surface area contributed by atoms with Crippen molar-refractivity contribution in [2.45, 2.75) is 32.8 Å². The molecule has 2 N–H and O–H groups in total. The van der Waals surface area contributed by atoms with Gasteiger partial charge >= 0.3 is 6.09 Å². The summed E-state index contributed by atoms with van der Waals surface area (Å²) in [6, 6.07) is 6.73. The molecule has 112 valence electrons. The van der Waals surface area contributed by atoms with E-state index < -0.39 is 11.7 Å². The number of hydrogen-bond acceptors (Lipinski definition) is 4. The summed E-state index contributed by atoms with van der Waals surface area (Å²) in [6.07, 6.45) is 3.89. The topological polar surface area (TPSA) is 82.3 Å². The van der Waals surface area contributed by atoms with E-state index in [9.17, 15) is 9.90 Å². The van der Waals surface area contributed by atoms with Gasteiger partial charge in [-0.25, -0.2) is 4.79 Å². The molecule has 0 radical (unpaired) electrons. The molecule has 0 spiro atoms. The predicted octanol–water partition coefficient (Wildman–Crippen LogP) is 3.19. The van der Waals surface area contributed by atoms with Crippen molar-refractivity contribution < 1.29 is 14.6 Å². The number of nitrogens with zero attached hydrogens (tertiary/aromatic N) is 1. The molecule has 0 atom stereocenters. The summed E-state index contributed by atoms with van der Waals surface area (Å²) in [5.41, 5.74) is 0.544. The lowest BCUT2D eigenvalue weighted by Crippen LogP contribution is -2.32. The van der Waals surface area contributed by atoms with Gasteiger partial charge in [-0.2, -0.15) is 5.26 Å². The average Bonchev–Trinajstić information content (AvgIpc) is 2.36. The van der Waals surface area contributed by atoms with E-state index in [4.69, 9.17) is 10.00 Å². The van der Waals surface area contributed by atoms with Crippen molar-refractivity contribution in [2.24, 2.45) is 0 Å². The van der Waals surface area contributed by atoms with Gasteiger partial charge in [0.25, 0.3) is 0 Å². The Hall–Kier alpha value is -2.48. The van der Waals surface area contributed by atoms with Crippen LogP contribution in [0.5, 0.6) is 5.75 Å². The van der Waals surface area contributed by atoms with Gasteiger partial charge in [0.1, 0.15) is 17.4 Å². The Kier molecular flexibility index (Phi) is 5.79. The quantitative estimate of drug-likeness (QED) is 0.833. The standard InChI is InChI=1S/C16H20N2O3/c1-16(2,3)21-15(20)18-9-5-4-6-12-7-8-13(11-17)14(19)10-12/h4,6-8,10,19H,5,9H2,1-3H3,(H,18,20). The minimum absolute atomic E-state index is 0.0356. The Morgan fingerprint density at radius 3 is 2.76 bits per heavy atom. The summed E-state index contributed by atoms with van der Waals surface area (Å²) in [5, 5.41) is 20.9. The fraction of sp³-hybridized carbons (Fsp3) is 0.375. The molecule has 5 heteroatoms. The highest BCUT2D eigenvalue weighted by Crippen LogP contribution is 2.18. The molecule has 0 aliphatic rings. The van der Waals surface area contributed by atoms with E-state index in [0.717, 1.165) is 5.56 Å². The minimum Gasteiger partial charge on any atom is -0.507 e. The maximum absolute atomic E-state index is 11.4. The number of nitrogens with one attached hydrogen (secondary N) is 1. The molecular formula is C16H20N2O3. The van der Waals surface area contributed by atoms with E-state index in [1.54, 1.807) is 12.1 Å². The van der Waals surface area contributed by atoms with Gasteiger partial charge in [-0.1, -0.05) is 18.2 Å². The van der Waals surface area contributed by atoms with Crippen molar-refractivity contribution in [3.05, 3.63) is 35.4 Å². The van der Waals surface area contributed by atoms with Crippen LogP contribution >= 0.6 is 0 Å². The number of carbonyl (C=O) groups is 1. The second-order valence-electron chi connectivity index (χ2n) is 5.51. The number of ether oxygens (including phenoxy) is 1. The molecular weight excluding hydrogens is 268 g/mol. The van der Waals surface area contributed by atoms with Crippen molar-refractivity contribution in [1.29, 1.82) is 5.26 Å². The summed E-state index contributed by atoms with van der Waals surface area (Å²) in [5.74, 6) is -0.0356. The number of phenols is 1. The van der Waals surface area contributed by atoms with Crippen LogP contribution in [0.4, 0.5) is 4.79 Å². The SMILES string of the molecule is CC(C)(C)OC(=O)NCCC=Cc1ccc(C#N)c(O)c1. The van der Waals surface area contributed by atoms with Crippen molar-refractivity contribution in [1.82, 2.24) is 5.32 Å². The molecule has 0 heterocycles. The lowest BCUT2D eigenvalue weighted by molar-refractivity contribution is 0.0529. The molecule has 1 aromatic carbocycles. The first kappa shape index (κ1) is 16.6. The number of phenolic OH excluding ortho intramolecular Hbond substituents is 1. The summed E-state index contributed by atoms with van der Waals surface area (Å²) in [7, 11) is 0. The van der Waals surface area contributed by atoms with Crippen LogP contribution in [-0.2, 0) is 4.74 Å². The van der Waals surface area contributed by atoms with Gasteiger partial charge in [0.15, 0.2) is 0 Å². The minimum atomic E-state index is -0.500. The number of nitriles is 1. The van der Waals surface area contributed by atoms with Crippen LogP contribution in [0, 0.1) is 11.3 Å². The van der Waals surface area contributed by atoms with Crippen LogP contribution in [0.25, 0.3) is 6.08 Å². The number of amides is 1. The van der Waals surface area contributed by atoms with E-state index >= 15 is 0 Å². The summed E-state index contributed by atoms with van der Waals surface area (Å²) < 4.78 is 5.11. The van der Waals surface area contributed by atoms with Crippen LogP contribution in [-0.4, -0.2) is 23.3 Å². The number of rotatable bonds is 4. The van der Waals surface area contributed by atoms with Crippen molar-refractivity contribution in [3.8, 4) is 11.8 Å². The van der Waals surface area contributed by atoms with Gasteiger partial charge < -0.3 is 15.2 Å². The van der Waals surface area contributed by atoms with Gasteiger partial charge in [-0.05, 0) is 44.9 Å². The fourth-order valence-electron chi connectivity index (χ4n) is 1.54. The third-order valence-electron chi connectivity index (χ3n) is 2.43. The molecule has 0 aliphatic heterocycles. The van der Waals surface area contributed by atoms with E-state index in [1.165, 1.54) is 6.07 Å². The largest absolute Gasteiger partial charge is 0.507 e. The maximum atomic E-state index is 11.4. The molecule has 0 aromatic heterocycles. The van der Waals surface area contributed by atoms with Crippen molar-refractivity contribution >= 4 is 12.2 Å². The first-order valence-corrected chi connectivity index (χ1v) is 6.68. The molecule has 1 amide bonds. The number of carbonyl (C=O) groups excluding carboxylic acids is 1. The molecule has 0 fully saturated rings. The Bertz CT molecular complexity index is 566. The fourth-order valence-corrected chi connectivity index (χ4v) is 1.54. The molecule has 0 saturated heterocycles. The molecule has 1 aromatic rings. The number of benzene rings is 1. The highest BCUT2D eigenvalue weighted by Gasteiger charge is 2.15. The van der Waals surface area contributed by atoms with E-state index in [-0.39, 0.29) is 11.3 Å². The van der Waals surface area contributed by atoms with Crippen LogP contribution in [0.2, 0.25) is 0 Å². The molecule has 0 aliphatic carbocycles. The van der Waals surface area contributed by atoms with Gasteiger partial charge in [0.05, 0.1) is 5.56 Å². The molecule has 0 bridgehead atoms. The van der Waals surface area contributed by atoms with Crippen molar-refractivity contribution in [2.75, 3.05) is 6.54 Å². The third kappa shape index (κ3) is 6.48. The maximum Gasteiger partial charge on any atom is 0.407 e. The van der Waals surface area contributed by atoms with Gasteiger partial charge in [-0.15, -0.1) is 0 Å². The first-order valence-electron chi connectivity index (χ1n) is 6.68. The average molecular weight is 288 g/mol. The summed E-state index contributed by atoms with van der Waals surface area (Å²) in [4.78, 5) is 11.4. The Labute approximate surface area is 124 Å². The Morgan fingerprint density at radius 2 is 2.19 bits per heavy atom. The number of alkyl carbamates (subject to hydrolysis) is 1. The summed E-state index contributed by atoms with van der Waals surface area (Å²) in [6.45, 7) is 5.89. The lowest BCUT2D eigenvalue weighted by atomic mass is 10.1. The van der Waals surface area contributed by atoms with Crippen LogP contribution in [0.3, 0.4) is 0 Å². The second kappa shape index (κ2) is 7.34. The van der Waals surface area contributed by atoms with Crippen molar-refractivity contribution in [3.63, 3.8) is 0 Å². The van der Waals surface area contributed by atoms with Gasteiger partial charge in [-0.3, -0.25) is 0 Å². The van der Waals surface area contributed by atoms with Crippen LogP contribution in [0.1, 0.15) is 38.3 Å². The van der Waals surface area contributed by atoms with Crippen LogP contribution in [0.15, 0.2) is 24.3 Å². The molecule has 0 saturated carbocycles. The van der Waals surface area contributed by atoms with Gasteiger partial charge in [0.2, 0.25) is 0 Å². The first-order chi connectivity index (χ1) is 9.81. The van der Waals surface area contributed by atoms with Crippen LogP contribution < -0.4 is 5.32 Å². The monoisotopic (exact) mass is 288 g/mol. The predicted molar refractivity (Wildman–Crippen MR) is 80.7 cm³/mol. The smallest absolute Gasteiger partial charge is 0.407 e. The normalized spacial score (nSPS) is 11.1. The highest BCUT2D eigenvalue weighted by molar-refractivity contribution is 5.67. The van der Waals surface area contributed by atoms with E-state index in [0.29, 0.717) is 13.0 Å². The Balaban J connectivity index is 2.38. The van der Waals surface area contributed by atoms with E-state index in [2.05, 4.69) is 5.32 Å². The van der Waals surface area contributed by atoms with Gasteiger partial charge in [0, 0.05) is 6.54 Å². The lowest BCUT2D eigenvalue weighted by Gasteiger charge is -2.19. The van der Waals surface area contributed by atoms with E-state index in [1.807, 2.05) is 39.0 Å². The zero-order chi connectivity index (χ0) is 15.9. The molecule has 0 unspecified atom stereocenters. The highest BCUT2D eigenvalue weighted by atomic mass is 16.6. The second-order valence-corrected chi connectivity index (χ2v) is 5.51. The Morgan fingerprint density at radius 1 is 1.48 bits per heavy atom. The zero-order valence-electron chi connectivity index (χ0n) is 12.5. The molecule has 21 heavy (non-hydrogen) atoms. The third-order valence-corrected chi connectivity index (χ3v) is 2.43. The number of hydrogen-bond donors (Lipinski definition) is 2.